The molecule has 0 aromatic heterocycles. The van der Waals surface area contributed by atoms with Crippen molar-refractivity contribution in [2.45, 2.75) is 38.4 Å². The molecule has 2 aliphatic rings. The third-order valence-electron chi connectivity index (χ3n) is 5.41. The Bertz CT molecular complexity index is 760. The van der Waals surface area contributed by atoms with Crippen LogP contribution in [0.25, 0.3) is 0 Å². The van der Waals surface area contributed by atoms with E-state index in [1.807, 2.05) is 0 Å². The van der Waals surface area contributed by atoms with Gasteiger partial charge in [-0.1, -0.05) is 0 Å². The highest BCUT2D eigenvalue weighted by Crippen LogP contribution is 2.32. The molecule has 2 heterocycles. The first-order valence-corrected chi connectivity index (χ1v) is 9.59. The smallest absolute Gasteiger partial charge is 0.265 e. The Kier molecular flexibility index (Phi) is 8.01. The summed E-state index contributed by atoms with van der Waals surface area (Å²) in [6.45, 7) is 3.06. The van der Waals surface area contributed by atoms with Crippen molar-refractivity contribution in [2.75, 3.05) is 32.1 Å². The van der Waals surface area contributed by atoms with Gasteiger partial charge in [0.25, 0.3) is 5.91 Å². The van der Waals surface area contributed by atoms with E-state index in [0.717, 1.165) is 0 Å². The monoisotopic (exact) mass is 425 g/mol. The molecule has 1 fully saturated rings. The number of amides is 2. The summed E-state index contributed by atoms with van der Waals surface area (Å²) in [7, 11) is 1.54. The van der Waals surface area contributed by atoms with Gasteiger partial charge in [-0.3, -0.25) is 14.4 Å². The summed E-state index contributed by atoms with van der Waals surface area (Å²) >= 11 is 0. The largest absolute Gasteiger partial charge is 0.479 e. The number of anilines is 1. The maximum atomic E-state index is 12.9. The van der Waals surface area contributed by atoms with Crippen molar-refractivity contribution >= 4 is 35.7 Å². The minimum absolute atomic E-state index is 0. The minimum atomic E-state index is -0.548. The van der Waals surface area contributed by atoms with E-state index in [-0.39, 0.29) is 48.4 Å². The van der Waals surface area contributed by atoms with Crippen LogP contribution in [0.2, 0.25) is 0 Å². The van der Waals surface area contributed by atoms with Crippen LogP contribution in [0.15, 0.2) is 18.2 Å². The number of methoxy groups -OCH3 is 1. The minimum Gasteiger partial charge on any atom is -0.479 e. The van der Waals surface area contributed by atoms with Gasteiger partial charge in [0, 0.05) is 38.2 Å². The molecule has 3 N–H and O–H groups in total. The Labute approximate surface area is 176 Å². The number of carbonyl (C=O) groups excluding carboxylic acids is 3. The van der Waals surface area contributed by atoms with Gasteiger partial charge >= 0.3 is 0 Å². The second-order valence-electron chi connectivity index (χ2n) is 7.28. The fourth-order valence-electron chi connectivity index (χ4n) is 3.58. The zero-order chi connectivity index (χ0) is 20.3. The lowest BCUT2D eigenvalue weighted by Gasteiger charge is -2.32. The molecule has 2 aliphatic heterocycles. The molecule has 29 heavy (non-hydrogen) atoms. The summed E-state index contributed by atoms with van der Waals surface area (Å²) in [5, 5.41) is 2.77. The van der Waals surface area contributed by atoms with Gasteiger partial charge in [0.1, 0.15) is 5.75 Å². The third-order valence-corrected chi connectivity index (χ3v) is 5.41. The van der Waals surface area contributed by atoms with Crippen LogP contribution >= 0.6 is 12.4 Å². The maximum absolute atomic E-state index is 12.9. The molecule has 8 nitrogen and oxygen atoms in total. The van der Waals surface area contributed by atoms with Crippen LogP contribution in [-0.2, 0) is 14.3 Å². The fraction of sp³-hybridized carbons (Fsp3) is 0.550. The Balaban J connectivity index is 0.00000300. The number of ketones is 1. The second kappa shape index (κ2) is 10.0. The van der Waals surface area contributed by atoms with E-state index in [4.69, 9.17) is 15.2 Å². The van der Waals surface area contributed by atoms with Crippen molar-refractivity contribution in [3.05, 3.63) is 23.8 Å². The average Bonchev–Trinajstić information content (AvgIpc) is 2.72. The van der Waals surface area contributed by atoms with Crippen molar-refractivity contribution in [3.8, 4) is 5.75 Å². The zero-order valence-corrected chi connectivity index (χ0v) is 17.5. The first-order chi connectivity index (χ1) is 13.4. The summed E-state index contributed by atoms with van der Waals surface area (Å²) in [6.07, 6.45) is 0.661. The number of hydrogen-bond acceptors (Lipinski definition) is 6. The van der Waals surface area contributed by atoms with Crippen molar-refractivity contribution < 1.29 is 23.9 Å². The van der Waals surface area contributed by atoms with Crippen molar-refractivity contribution in [2.24, 2.45) is 11.7 Å². The lowest BCUT2D eigenvalue weighted by molar-refractivity contribution is -0.134. The molecule has 1 aromatic carbocycles. The first kappa shape index (κ1) is 23.1. The number of halogens is 1. The van der Waals surface area contributed by atoms with E-state index in [2.05, 4.69) is 5.32 Å². The number of carbonyl (C=O) groups is 3. The van der Waals surface area contributed by atoms with Gasteiger partial charge in [-0.15, -0.1) is 12.4 Å². The van der Waals surface area contributed by atoms with Gasteiger partial charge in [0.2, 0.25) is 5.91 Å². The number of nitrogens with one attached hydrogen (secondary N) is 1. The lowest BCUT2D eigenvalue weighted by Crippen LogP contribution is -2.42. The van der Waals surface area contributed by atoms with Crippen LogP contribution in [0.3, 0.4) is 0 Å². The van der Waals surface area contributed by atoms with Gasteiger partial charge in [-0.05, 0) is 38.0 Å². The highest BCUT2D eigenvalue weighted by Gasteiger charge is 2.30. The van der Waals surface area contributed by atoms with E-state index >= 15 is 0 Å². The Morgan fingerprint density at radius 3 is 2.66 bits per heavy atom. The van der Waals surface area contributed by atoms with E-state index < -0.39 is 6.10 Å². The summed E-state index contributed by atoms with van der Waals surface area (Å²) in [5.74, 6) is 0.229. The Hall–Kier alpha value is -2.16. The highest BCUT2D eigenvalue weighted by atomic mass is 35.5. The standard InChI is InChI=1S/C20H27N3O5.ClH/c1-12-20(26)22-16-9-14(3-4-17(16)28-12)19(25)13-5-7-23(8-6-13)18(24)10-15(11-21)27-2;/h3-4,9,12-13,15H,5-8,10-11,21H2,1-2H3,(H,22,26);1H. The normalized spacial score (nSPS) is 20.0. The number of Topliss-reactive ketones (excluding diaryl/α,β-unsaturated/α-hetero) is 1. The van der Waals surface area contributed by atoms with Crippen LogP contribution in [-0.4, -0.2) is 61.4 Å². The van der Waals surface area contributed by atoms with Crippen LogP contribution in [0.5, 0.6) is 5.75 Å². The summed E-state index contributed by atoms with van der Waals surface area (Å²) in [5.41, 5.74) is 6.64. The molecule has 0 bridgehead atoms. The molecule has 0 saturated carbocycles. The number of nitrogens with zero attached hydrogens (tertiary/aromatic N) is 1. The zero-order valence-electron chi connectivity index (χ0n) is 16.7. The number of benzene rings is 1. The van der Waals surface area contributed by atoms with E-state index in [0.29, 0.717) is 49.5 Å². The van der Waals surface area contributed by atoms with E-state index in [1.54, 1.807) is 37.1 Å². The van der Waals surface area contributed by atoms with Gasteiger partial charge in [-0.25, -0.2) is 0 Å². The molecule has 160 valence electrons. The molecule has 0 aliphatic carbocycles. The molecule has 2 amide bonds. The Morgan fingerprint density at radius 2 is 2.03 bits per heavy atom. The Morgan fingerprint density at radius 1 is 1.34 bits per heavy atom. The molecular formula is C20H28ClN3O5. The summed E-state index contributed by atoms with van der Waals surface area (Å²) in [4.78, 5) is 38.8. The van der Waals surface area contributed by atoms with E-state index in [9.17, 15) is 14.4 Å². The first-order valence-electron chi connectivity index (χ1n) is 9.59. The topological polar surface area (TPSA) is 111 Å². The lowest BCUT2D eigenvalue weighted by atomic mass is 9.88. The van der Waals surface area contributed by atoms with Crippen molar-refractivity contribution in [1.29, 1.82) is 0 Å². The number of hydrogen-bond donors (Lipinski definition) is 2. The predicted molar refractivity (Wildman–Crippen MR) is 111 cm³/mol. The van der Waals surface area contributed by atoms with Gasteiger partial charge in [0.15, 0.2) is 11.9 Å². The molecule has 2 unspecified atom stereocenters. The van der Waals surface area contributed by atoms with Crippen LogP contribution < -0.4 is 15.8 Å². The molecule has 0 spiro atoms. The fourth-order valence-corrected chi connectivity index (χ4v) is 3.58. The quantitative estimate of drug-likeness (QED) is 0.670. The van der Waals surface area contributed by atoms with E-state index in [1.165, 1.54) is 0 Å². The van der Waals surface area contributed by atoms with Gasteiger partial charge in [-0.2, -0.15) is 0 Å². The predicted octanol–water partition coefficient (Wildman–Crippen LogP) is 1.61. The summed E-state index contributed by atoms with van der Waals surface area (Å²) < 4.78 is 10.7. The second-order valence-corrected chi connectivity index (χ2v) is 7.28. The highest BCUT2D eigenvalue weighted by molar-refractivity contribution is 6.02. The molecule has 1 aromatic rings. The molecular weight excluding hydrogens is 398 g/mol. The molecule has 9 heteroatoms. The number of likely N-dealkylation sites (tertiary alicyclic amines) is 1. The number of fused-ring (bicyclic) bond motifs is 1. The van der Waals surface area contributed by atoms with Crippen LogP contribution in [0, 0.1) is 5.92 Å². The van der Waals surface area contributed by atoms with Crippen LogP contribution in [0.1, 0.15) is 36.5 Å². The molecule has 3 rings (SSSR count). The van der Waals surface area contributed by atoms with Crippen molar-refractivity contribution in [1.82, 2.24) is 4.90 Å². The molecule has 1 saturated heterocycles. The van der Waals surface area contributed by atoms with Crippen LogP contribution in [0.4, 0.5) is 5.69 Å². The number of rotatable bonds is 6. The van der Waals surface area contributed by atoms with Gasteiger partial charge < -0.3 is 25.4 Å². The number of piperidine rings is 1. The number of ether oxygens (including phenoxy) is 2. The molecule has 0 radical (unpaired) electrons. The van der Waals surface area contributed by atoms with Gasteiger partial charge in [0.05, 0.1) is 18.2 Å². The molecule has 2 atom stereocenters. The third kappa shape index (κ3) is 5.26. The van der Waals surface area contributed by atoms with Crippen molar-refractivity contribution in [3.63, 3.8) is 0 Å². The average molecular weight is 426 g/mol. The number of nitrogens with two attached hydrogens (primary N) is 1. The SMILES string of the molecule is COC(CN)CC(=O)N1CCC(C(=O)c2ccc3c(c2)NC(=O)C(C)O3)CC1.Cl. The maximum Gasteiger partial charge on any atom is 0.265 e. The summed E-state index contributed by atoms with van der Waals surface area (Å²) in [6, 6.07) is 5.12.